The molecule has 0 atom stereocenters. The second kappa shape index (κ2) is 7.94. The van der Waals surface area contributed by atoms with Gasteiger partial charge in [-0.3, -0.25) is 4.79 Å². The number of rotatable bonds is 5. The lowest BCUT2D eigenvalue weighted by molar-refractivity contribution is 0.0944. The van der Waals surface area contributed by atoms with E-state index in [-0.39, 0.29) is 18.1 Å². The van der Waals surface area contributed by atoms with Crippen LogP contribution in [0.3, 0.4) is 0 Å². The molecule has 4 rings (SSSR count). The molecule has 0 unspecified atom stereocenters. The van der Waals surface area contributed by atoms with Crippen molar-refractivity contribution in [3.05, 3.63) is 60.3 Å². The van der Waals surface area contributed by atoms with Crippen molar-refractivity contribution in [2.45, 2.75) is 25.8 Å². The molecule has 1 fully saturated rings. The van der Waals surface area contributed by atoms with Crippen molar-refractivity contribution in [2.75, 3.05) is 18.0 Å². The number of para-hydroxylation sites is 1. The first-order valence-electron chi connectivity index (χ1n) is 9.12. The number of carbonyl (C=O) groups excluding carboxylic acids is 1. The van der Waals surface area contributed by atoms with Gasteiger partial charge < -0.3 is 10.2 Å². The standard InChI is InChI=1S/C19H21N7O/c27-19(16-13-22-26(24-16)15-7-3-1-4-8-15)21-14-17-20-10-9-18(23-17)25-11-5-2-6-12-25/h1,3-4,7-10,13H,2,5-6,11-12,14H2,(H,21,27). The molecule has 8 nitrogen and oxygen atoms in total. The van der Waals surface area contributed by atoms with Crippen molar-refractivity contribution in [1.82, 2.24) is 30.3 Å². The molecule has 0 radical (unpaired) electrons. The molecule has 0 bridgehead atoms. The Bertz CT molecular complexity index is 903. The minimum atomic E-state index is -0.302. The molecule has 3 heterocycles. The van der Waals surface area contributed by atoms with Crippen molar-refractivity contribution in [2.24, 2.45) is 0 Å². The van der Waals surface area contributed by atoms with E-state index in [4.69, 9.17) is 0 Å². The Kier molecular flexibility index (Phi) is 5.04. The highest BCUT2D eigenvalue weighted by atomic mass is 16.2. The molecule has 1 aromatic carbocycles. The zero-order valence-corrected chi connectivity index (χ0v) is 15.0. The SMILES string of the molecule is O=C(NCc1nccc(N2CCCCC2)n1)c1cnn(-c2ccccc2)n1. The largest absolute Gasteiger partial charge is 0.357 e. The second-order valence-corrected chi connectivity index (χ2v) is 6.42. The summed E-state index contributed by atoms with van der Waals surface area (Å²) in [7, 11) is 0. The van der Waals surface area contributed by atoms with Crippen LogP contribution < -0.4 is 10.2 Å². The molecule has 1 amide bonds. The van der Waals surface area contributed by atoms with E-state index >= 15 is 0 Å². The van der Waals surface area contributed by atoms with E-state index in [1.54, 1.807) is 6.20 Å². The minimum Gasteiger partial charge on any atom is -0.357 e. The van der Waals surface area contributed by atoms with Gasteiger partial charge in [0.25, 0.3) is 5.91 Å². The van der Waals surface area contributed by atoms with Crippen molar-refractivity contribution in [3.8, 4) is 5.69 Å². The lowest BCUT2D eigenvalue weighted by Crippen LogP contribution is -2.31. The first kappa shape index (κ1) is 17.1. The van der Waals surface area contributed by atoms with Gasteiger partial charge in [-0.15, -0.1) is 5.10 Å². The van der Waals surface area contributed by atoms with Gasteiger partial charge in [0.2, 0.25) is 0 Å². The van der Waals surface area contributed by atoms with Crippen LogP contribution in [0, 0.1) is 0 Å². The number of carbonyl (C=O) groups is 1. The summed E-state index contributed by atoms with van der Waals surface area (Å²) < 4.78 is 0. The molecule has 8 heteroatoms. The number of nitrogens with one attached hydrogen (secondary N) is 1. The fourth-order valence-corrected chi connectivity index (χ4v) is 3.08. The maximum absolute atomic E-state index is 12.4. The van der Waals surface area contributed by atoms with E-state index in [1.807, 2.05) is 36.4 Å². The van der Waals surface area contributed by atoms with E-state index in [9.17, 15) is 4.79 Å². The maximum Gasteiger partial charge on any atom is 0.273 e. The van der Waals surface area contributed by atoms with E-state index in [1.165, 1.54) is 30.3 Å². The first-order chi connectivity index (χ1) is 13.3. The average molecular weight is 363 g/mol. The van der Waals surface area contributed by atoms with Crippen LogP contribution in [0.25, 0.3) is 5.69 Å². The zero-order chi connectivity index (χ0) is 18.5. The molecular formula is C19H21N7O. The summed E-state index contributed by atoms with van der Waals surface area (Å²) in [5.74, 6) is 1.20. The number of hydrogen-bond donors (Lipinski definition) is 1. The molecule has 1 saturated heterocycles. The number of anilines is 1. The molecule has 1 aliphatic rings. The number of hydrogen-bond acceptors (Lipinski definition) is 6. The summed E-state index contributed by atoms with van der Waals surface area (Å²) in [6, 6.07) is 11.4. The Morgan fingerprint density at radius 3 is 2.70 bits per heavy atom. The van der Waals surface area contributed by atoms with Crippen LogP contribution >= 0.6 is 0 Å². The number of benzene rings is 1. The second-order valence-electron chi connectivity index (χ2n) is 6.42. The summed E-state index contributed by atoms with van der Waals surface area (Å²) in [6.45, 7) is 2.29. The average Bonchev–Trinajstić information content (AvgIpc) is 3.24. The van der Waals surface area contributed by atoms with Crippen molar-refractivity contribution in [3.63, 3.8) is 0 Å². The summed E-state index contributed by atoms with van der Waals surface area (Å²) in [5, 5.41) is 11.2. The zero-order valence-electron chi connectivity index (χ0n) is 15.0. The van der Waals surface area contributed by atoms with Crippen LogP contribution in [0.4, 0.5) is 5.82 Å². The van der Waals surface area contributed by atoms with Gasteiger partial charge in [-0.1, -0.05) is 18.2 Å². The fraction of sp³-hybridized carbons (Fsp3) is 0.316. The predicted octanol–water partition coefficient (Wildman–Crippen LogP) is 1.98. The van der Waals surface area contributed by atoms with E-state index < -0.39 is 0 Å². The maximum atomic E-state index is 12.4. The molecule has 0 saturated carbocycles. The van der Waals surface area contributed by atoms with Gasteiger partial charge in [-0.2, -0.15) is 9.90 Å². The summed E-state index contributed by atoms with van der Waals surface area (Å²) >= 11 is 0. The minimum absolute atomic E-state index is 0.249. The van der Waals surface area contributed by atoms with Crippen LogP contribution in [0.1, 0.15) is 35.6 Å². The van der Waals surface area contributed by atoms with Gasteiger partial charge in [0.15, 0.2) is 5.69 Å². The molecule has 3 aromatic rings. The lowest BCUT2D eigenvalue weighted by atomic mass is 10.1. The van der Waals surface area contributed by atoms with Gasteiger partial charge >= 0.3 is 0 Å². The smallest absolute Gasteiger partial charge is 0.273 e. The third-order valence-corrected chi connectivity index (χ3v) is 4.49. The molecule has 0 aliphatic carbocycles. The van der Waals surface area contributed by atoms with Gasteiger partial charge in [0.05, 0.1) is 18.4 Å². The monoisotopic (exact) mass is 363 g/mol. The van der Waals surface area contributed by atoms with E-state index in [0.717, 1.165) is 24.6 Å². The van der Waals surface area contributed by atoms with E-state index in [2.05, 4.69) is 30.4 Å². The highest BCUT2D eigenvalue weighted by Crippen LogP contribution is 2.16. The first-order valence-corrected chi connectivity index (χ1v) is 9.12. The quantitative estimate of drug-likeness (QED) is 0.746. The van der Waals surface area contributed by atoms with Gasteiger partial charge in [-0.05, 0) is 37.5 Å². The number of aromatic nitrogens is 5. The number of amides is 1. The number of nitrogens with zero attached hydrogens (tertiary/aromatic N) is 6. The Hall–Kier alpha value is -3.29. The third-order valence-electron chi connectivity index (χ3n) is 4.49. The molecule has 138 valence electrons. The van der Waals surface area contributed by atoms with Crippen LogP contribution in [0.2, 0.25) is 0 Å². The summed E-state index contributed by atoms with van der Waals surface area (Å²) in [6.07, 6.45) is 6.84. The van der Waals surface area contributed by atoms with Crippen molar-refractivity contribution in [1.29, 1.82) is 0 Å². The van der Waals surface area contributed by atoms with Gasteiger partial charge in [-0.25, -0.2) is 9.97 Å². The van der Waals surface area contributed by atoms with Crippen molar-refractivity contribution >= 4 is 11.7 Å². The molecule has 1 N–H and O–H groups in total. The Morgan fingerprint density at radius 1 is 1.07 bits per heavy atom. The lowest BCUT2D eigenvalue weighted by Gasteiger charge is -2.27. The third kappa shape index (κ3) is 4.11. The molecular weight excluding hydrogens is 342 g/mol. The highest BCUT2D eigenvalue weighted by Gasteiger charge is 2.14. The highest BCUT2D eigenvalue weighted by molar-refractivity contribution is 5.91. The van der Waals surface area contributed by atoms with Gasteiger partial charge in [0, 0.05) is 19.3 Å². The number of piperidine rings is 1. The Balaban J connectivity index is 1.39. The van der Waals surface area contributed by atoms with Crippen LogP contribution in [0.15, 0.2) is 48.8 Å². The normalized spacial score (nSPS) is 14.1. The predicted molar refractivity (Wildman–Crippen MR) is 101 cm³/mol. The molecule has 27 heavy (non-hydrogen) atoms. The fourth-order valence-electron chi connectivity index (χ4n) is 3.08. The Labute approximate surface area is 157 Å². The van der Waals surface area contributed by atoms with Crippen LogP contribution in [-0.2, 0) is 6.54 Å². The molecule has 1 aliphatic heterocycles. The van der Waals surface area contributed by atoms with E-state index in [0.29, 0.717) is 5.82 Å². The Morgan fingerprint density at radius 2 is 1.89 bits per heavy atom. The van der Waals surface area contributed by atoms with Crippen molar-refractivity contribution < 1.29 is 4.79 Å². The topological polar surface area (TPSA) is 88.8 Å². The molecule has 0 spiro atoms. The molecule has 2 aromatic heterocycles. The summed E-state index contributed by atoms with van der Waals surface area (Å²) in [4.78, 5) is 24.9. The van der Waals surface area contributed by atoms with Gasteiger partial charge in [0.1, 0.15) is 11.6 Å². The summed E-state index contributed by atoms with van der Waals surface area (Å²) in [5.41, 5.74) is 1.06. The van der Waals surface area contributed by atoms with Crippen LogP contribution in [0.5, 0.6) is 0 Å². The van der Waals surface area contributed by atoms with Crippen LogP contribution in [-0.4, -0.2) is 44.0 Å².